The normalized spacial score (nSPS) is 10.8. The largest absolute Gasteiger partial charge is 0.281 e. The summed E-state index contributed by atoms with van der Waals surface area (Å²) in [6.45, 7) is 0. The van der Waals surface area contributed by atoms with Crippen molar-refractivity contribution in [2.24, 2.45) is 0 Å². The fourth-order valence-corrected chi connectivity index (χ4v) is 3.07. The van der Waals surface area contributed by atoms with Gasteiger partial charge in [0.25, 0.3) is 11.8 Å². The van der Waals surface area contributed by atoms with Crippen LogP contribution in [0.3, 0.4) is 0 Å². The minimum absolute atomic E-state index is 0.329. The van der Waals surface area contributed by atoms with Crippen molar-refractivity contribution in [2.45, 2.75) is 0 Å². The molecule has 32 heavy (non-hydrogen) atoms. The van der Waals surface area contributed by atoms with Gasteiger partial charge in [-0.15, -0.1) is 10.2 Å². The van der Waals surface area contributed by atoms with E-state index in [0.717, 1.165) is 11.1 Å². The maximum Gasteiger partial charge on any atom is 0.281 e. The molecule has 0 spiro atoms. The standard InChI is InChI=1S/C22H14N8O2/c31-21(17-6-2-8-23-11-17)29-13-19(25-27-29)15-4-1-5-16(10-15)20-14-30(28-26-20)22(32)18-7-3-9-24-12-18/h1-14H. The van der Waals surface area contributed by atoms with Crippen LogP contribution >= 0.6 is 0 Å². The van der Waals surface area contributed by atoms with Crippen molar-refractivity contribution < 1.29 is 9.59 Å². The molecule has 0 unspecified atom stereocenters. The van der Waals surface area contributed by atoms with Gasteiger partial charge in [0.15, 0.2) is 0 Å². The SMILES string of the molecule is O=C(c1cccnc1)n1cc(-c2cccc(-c3cn(C(=O)c4cccnc4)nn3)c2)nn1. The molecule has 5 aromatic rings. The van der Waals surface area contributed by atoms with Gasteiger partial charge in [-0.2, -0.15) is 9.36 Å². The summed E-state index contributed by atoms with van der Waals surface area (Å²) in [5.41, 5.74) is 3.33. The highest BCUT2D eigenvalue weighted by Gasteiger charge is 2.15. The van der Waals surface area contributed by atoms with Gasteiger partial charge in [-0.3, -0.25) is 19.6 Å². The van der Waals surface area contributed by atoms with E-state index in [1.807, 2.05) is 24.3 Å². The predicted octanol–water partition coefficient (Wildman–Crippen LogP) is 2.37. The Hall–Kier alpha value is -4.86. The molecule has 0 N–H and O–H groups in total. The van der Waals surface area contributed by atoms with E-state index < -0.39 is 0 Å². The molecule has 154 valence electrons. The van der Waals surface area contributed by atoms with Crippen molar-refractivity contribution in [1.29, 1.82) is 0 Å². The van der Waals surface area contributed by atoms with Crippen LogP contribution in [0.2, 0.25) is 0 Å². The number of carbonyl (C=O) groups excluding carboxylic acids is 2. The molecule has 0 atom stereocenters. The van der Waals surface area contributed by atoms with Crippen LogP contribution in [0.15, 0.2) is 85.7 Å². The topological polar surface area (TPSA) is 121 Å². The fraction of sp³-hybridized carbons (Fsp3) is 0. The number of pyridine rings is 2. The van der Waals surface area contributed by atoms with Gasteiger partial charge in [0.05, 0.1) is 23.5 Å². The first kappa shape index (κ1) is 19.1. The van der Waals surface area contributed by atoms with Crippen LogP contribution in [0, 0.1) is 0 Å². The minimum Gasteiger partial charge on any atom is -0.267 e. The molecule has 10 heteroatoms. The van der Waals surface area contributed by atoms with Crippen LogP contribution in [0.1, 0.15) is 20.7 Å². The fourth-order valence-electron chi connectivity index (χ4n) is 3.07. The van der Waals surface area contributed by atoms with Crippen LogP contribution in [-0.2, 0) is 0 Å². The van der Waals surface area contributed by atoms with Crippen molar-refractivity contribution in [1.82, 2.24) is 40.0 Å². The zero-order valence-corrected chi connectivity index (χ0v) is 16.5. The molecule has 0 aliphatic rings. The summed E-state index contributed by atoms with van der Waals surface area (Å²) in [6, 6.07) is 14.0. The molecular weight excluding hydrogens is 408 g/mol. The molecule has 5 rings (SSSR count). The van der Waals surface area contributed by atoms with E-state index in [4.69, 9.17) is 0 Å². The molecule has 0 fully saturated rings. The molecule has 1 aromatic carbocycles. The third-order valence-corrected chi connectivity index (χ3v) is 4.67. The lowest BCUT2D eigenvalue weighted by atomic mass is 10.1. The third-order valence-electron chi connectivity index (χ3n) is 4.67. The van der Waals surface area contributed by atoms with Crippen LogP contribution < -0.4 is 0 Å². The van der Waals surface area contributed by atoms with E-state index in [1.165, 1.54) is 21.8 Å². The second-order valence-corrected chi connectivity index (χ2v) is 6.77. The molecule has 0 bridgehead atoms. The first-order valence-corrected chi connectivity index (χ1v) is 9.54. The summed E-state index contributed by atoms with van der Waals surface area (Å²) in [4.78, 5) is 33.0. The molecule has 0 radical (unpaired) electrons. The monoisotopic (exact) mass is 422 g/mol. The molecule has 0 saturated carbocycles. The van der Waals surface area contributed by atoms with Gasteiger partial charge in [-0.05, 0) is 30.3 Å². The molecular formula is C22H14N8O2. The van der Waals surface area contributed by atoms with E-state index in [9.17, 15) is 9.59 Å². The van der Waals surface area contributed by atoms with Crippen molar-refractivity contribution in [2.75, 3.05) is 0 Å². The van der Waals surface area contributed by atoms with Crippen LogP contribution in [0.25, 0.3) is 22.5 Å². The highest BCUT2D eigenvalue weighted by molar-refractivity contribution is 5.95. The number of carbonyl (C=O) groups is 2. The van der Waals surface area contributed by atoms with E-state index in [1.54, 1.807) is 49.1 Å². The Morgan fingerprint density at radius 2 is 1.16 bits per heavy atom. The summed E-state index contributed by atoms with van der Waals surface area (Å²) in [7, 11) is 0. The number of nitrogens with zero attached hydrogens (tertiary/aromatic N) is 8. The lowest BCUT2D eigenvalue weighted by Gasteiger charge is -2.00. The Morgan fingerprint density at radius 3 is 1.59 bits per heavy atom. The molecule has 0 saturated heterocycles. The minimum atomic E-state index is -0.329. The Labute approximate surface area is 181 Å². The number of hydrogen-bond donors (Lipinski definition) is 0. The van der Waals surface area contributed by atoms with E-state index >= 15 is 0 Å². The molecule has 10 nitrogen and oxygen atoms in total. The van der Waals surface area contributed by atoms with Crippen LogP contribution in [0.5, 0.6) is 0 Å². The lowest BCUT2D eigenvalue weighted by Crippen LogP contribution is -2.12. The van der Waals surface area contributed by atoms with Gasteiger partial charge >= 0.3 is 0 Å². The number of aromatic nitrogens is 8. The Morgan fingerprint density at radius 1 is 0.656 bits per heavy atom. The highest BCUT2D eigenvalue weighted by atomic mass is 16.2. The second-order valence-electron chi connectivity index (χ2n) is 6.77. The van der Waals surface area contributed by atoms with E-state index in [0.29, 0.717) is 22.5 Å². The van der Waals surface area contributed by atoms with Gasteiger partial charge in [0.2, 0.25) is 0 Å². The average molecular weight is 422 g/mol. The smallest absolute Gasteiger partial charge is 0.267 e. The summed E-state index contributed by atoms with van der Waals surface area (Å²) in [5, 5.41) is 16.1. The zero-order valence-electron chi connectivity index (χ0n) is 16.5. The quantitative estimate of drug-likeness (QED) is 0.433. The Kier molecular flexibility index (Phi) is 4.85. The van der Waals surface area contributed by atoms with Gasteiger partial charge in [0, 0.05) is 35.9 Å². The first-order chi connectivity index (χ1) is 15.7. The summed E-state index contributed by atoms with van der Waals surface area (Å²) in [5.74, 6) is -0.658. The summed E-state index contributed by atoms with van der Waals surface area (Å²) >= 11 is 0. The zero-order chi connectivity index (χ0) is 21.9. The molecule has 0 aliphatic carbocycles. The maximum absolute atomic E-state index is 12.5. The maximum atomic E-state index is 12.5. The summed E-state index contributed by atoms with van der Waals surface area (Å²) < 4.78 is 2.34. The number of rotatable bonds is 4. The number of benzene rings is 1. The van der Waals surface area contributed by atoms with Crippen molar-refractivity contribution in [3.8, 4) is 22.5 Å². The van der Waals surface area contributed by atoms with Gasteiger partial charge < -0.3 is 0 Å². The Balaban J connectivity index is 1.40. The lowest BCUT2D eigenvalue weighted by molar-refractivity contribution is 0.0934. The average Bonchev–Trinajstić information content (AvgIpc) is 3.55. The van der Waals surface area contributed by atoms with Crippen molar-refractivity contribution in [3.05, 3.63) is 96.8 Å². The van der Waals surface area contributed by atoms with Gasteiger partial charge in [-0.25, -0.2) is 0 Å². The number of hydrogen-bond acceptors (Lipinski definition) is 8. The summed E-state index contributed by atoms with van der Waals surface area (Å²) in [6.07, 6.45) is 9.24. The van der Waals surface area contributed by atoms with E-state index in [-0.39, 0.29) is 11.8 Å². The second kappa shape index (κ2) is 8.11. The van der Waals surface area contributed by atoms with Crippen LogP contribution in [-0.4, -0.2) is 51.8 Å². The third kappa shape index (κ3) is 3.67. The Bertz CT molecular complexity index is 1310. The van der Waals surface area contributed by atoms with Crippen molar-refractivity contribution >= 4 is 11.8 Å². The molecule has 0 amide bonds. The molecule has 4 heterocycles. The van der Waals surface area contributed by atoms with E-state index in [2.05, 4.69) is 30.6 Å². The molecule has 4 aromatic heterocycles. The highest BCUT2D eigenvalue weighted by Crippen LogP contribution is 2.24. The van der Waals surface area contributed by atoms with Crippen LogP contribution in [0.4, 0.5) is 0 Å². The predicted molar refractivity (Wildman–Crippen MR) is 112 cm³/mol. The molecule has 0 aliphatic heterocycles. The van der Waals surface area contributed by atoms with Gasteiger partial charge in [0.1, 0.15) is 11.4 Å². The first-order valence-electron chi connectivity index (χ1n) is 9.54. The van der Waals surface area contributed by atoms with Crippen molar-refractivity contribution in [3.63, 3.8) is 0 Å². The van der Waals surface area contributed by atoms with Gasteiger partial charge in [-0.1, -0.05) is 28.6 Å².